The highest BCUT2D eigenvalue weighted by Crippen LogP contribution is 2.41. The van der Waals surface area contributed by atoms with Crippen LogP contribution in [0.4, 0.5) is 0 Å². The second-order valence-corrected chi connectivity index (χ2v) is 12.8. The molecule has 0 saturated carbocycles. The van der Waals surface area contributed by atoms with E-state index in [4.69, 9.17) is 14.2 Å². The fourth-order valence-electron chi connectivity index (χ4n) is 3.06. The summed E-state index contributed by atoms with van der Waals surface area (Å²) >= 11 is 0. The molecule has 2 N–H and O–H groups in total. The highest BCUT2D eigenvalue weighted by atomic mass is 28.4. The van der Waals surface area contributed by atoms with Crippen molar-refractivity contribution in [1.82, 2.24) is 0 Å². The summed E-state index contributed by atoms with van der Waals surface area (Å²) in [6.45, 7) is 9.80. The van der Waals surface area contributed by atoms with E-state index in [1.165, 1.54) is 0 Å². The minimum Gasteiger partial charge on any atom is -0.432 e. The van der Waals surface area contributed by atoms with Crippen LogP contribution in [0.2, 0.25) is 18.1 Å². The van der Waals surface area contributed by atoms with Crippen LogP contribution in [0.5, 0.6) is 0 Å². The second-order valence-electron chi connectivity index (χ2n) is 8.29. The topological polar surface area (TPSA) is 68.2 Å². The van der Waals surface area contributed by atoms with Crippen molar-refractivity contribution in [1.29, 1.82) is 0 Å². The zero-order valence-corrected chi connectivity index (χ0v) is 17.5. The first-order chi connectivity index (χ1) is 12.2. The van der Waals surface area contributed by atoms with Crippen LogP contribution < -0.4 is 0 Å². The molecule has 1 aliphatic rings. The van der Waals surface area contributed by atoms with Gasteiger partial charge in [-0.05, 0) is 31.0 Å². The molecule has 1 fully saturated rings. The summed E-state index contributed by atoms with van der Waals surface area (Å²) in [7, 11) is -2.20. The summed E-state index contributed by atoms with van der Waals surface area (Å²) in [5, 5.41) is 10.1. The lowest BCUT2D eigenvalue weighted by Crippen LogP contribution is -2.39. The Morgan fingerprint density at radius 1 is 1.15 bits per heavy atom. The molecule has 1 aliphatic heterocycles. The van der Waals surface area contributed by atoms with Gasteiger partial charge >= 0.3 is 0 Å². The maximum atomic E-state index is 10.4. The summed E-state index contributed by atoms with van der Waals surface area (Å²) in [6.07, 6.45) is 2.27. The number of aliphatic hydroxyl groups excluding tert-OH is 1. The molecule has 0 spiro atoms. The van der Waals surface area contributed by atoms with Gasteiger partial charge in [-0.15, -0.1) is 0 Å². The Kier molecular flexibility index (Phi) is 7.41. The molecule has 0 radical (unpaired) electrons. The van der Waals surface area contributed by atoms with Gasteiger partial charge < -0.3 is 24.1 Å². The highest BCUT2D eigenvalue weighted by molar-refractivity contribution is 6.72. The average Bonchev–Trinajstić information content (AvgIpc) is 3.03. The van der Waals surface area contributed by atoms with Crippen LogP contribution in [-0.4, -0.2) is 43.8 Å². The van der Waals surface area contributed by atoms with Crippen molar-refractivity contribution in [3.05, 3.63) is 35.9 Å². The predicted octanol–water partition coefficient (Wildman–Crippen LogP) is 3.98. The van der Waals surface area contributed by atoms with Gasteiger partial charge in [-0.2, -0.15) is 0 Å². The lowest BCUT2D eigenvalue weighted by atomic mass is 9.99. The first kappa shape index (κ1) is 21.5. The van der Waals surface area contributed by atoms with Crippen LogP contribution in [0.3, 0.4) is 0 Å². The number of ether oxygens (including phenoxy) is 3. The van der Waals surface area contributed by atoms with E-state index in [-0.39, 0.29) is 5.04 Å². The Hall–Kier alpha value is -0.763. The molecule has 1 saturated heterocycles. The first-order valence-corrected chi connectivity index (χ1v) is 12.4. The molecular weight excluding hydrogens is 348 g/mol. The normalized spacial score (nSPS) is 18.8. The molecule has 5 nitrogen and oxygen atoms in total. The summed E-state index contributed by atoms with van der Waals surface area (Å²) in [5.74, 6) is -0.631. The van der Waals surface area contributed by atoms with Gasteiger partial charge in [-0.25, -0.2) is 0 Å². The third-order valence-corrected chi connectivity index (χ3v) is 9.24. The van der Waals surface area contributed by atoms with Crippen LogP contribution in [0.1, 0.15) is 51.4 Å². The molecule has 0 aromatic heterocycles. The fraction of sp³-hybridized carbons (Fsp3) is 0.700. The van der Waals surface area contributed by atoms with Crippen molar-refractivity contribution in [2.45, 2.75) is 69.7 Å². The van der Waals surface area contributed by atoms with Crippen molar-refractivity contribution in [3.8, 4) is 0 Å². The van der Waals surface area contributed by atoms with Crippen LogP contribution in [0, 0.1) is 0 Å². The van der Waals surface area contributed by atoms with Crippen molar-refractivity contribution in [2.75, 3.05) is 19.8 Å². The van der Waals surface area contributed by atoms with Gasteiger partial charge in [0, 0.05) is 18.4 Å². The molecule has 6 heteroatoms. The molecule has 26 heavy (non-hydrogen) atoms. The molecule has 0 bridgehead atoms. The molecule has 1 atom stereocenters. The van der Waals surface area contributed by atoms with E-state index in [1.807, 2.05) is 43.4 Å². The fourth-order valence-corrected chi connectivity index (χ4v) is 3.84. The Morgan fingerprint density at radius 3 is 2.35 bits per heavy atom. The van der Waals surface area contributed by atoms with Gasteiger partial charge in [0.25, 0.3) is 0 Å². The zero-order chi connectivity index (χ0) is 19.3. The first-order valence-electron chi connectivity index (χ1n) is 9.50. The van der Waals surface area contributed by atoms with E-state index in [1.54, 1.807) is 0 Å². The standard InChI is InChI=1S/C20H34O5Si/c1-19(2,26(3,4)22)11-8-12-20(24-15-16-25-20)13-14-23-18(21)17-9-6-5-7-10-17/h5-7,9-10,18,21-22H,8,11-16H2,1-4H3. The molecule has 1 aromatic rings. The molecule has 0 amide bonds. The number of hydrogen-bond donors (Lipinski definition) is 2. The smallest absolute Gasteiger partial charge is 0.188 e. The molecular formula is C20H34O5Si. The monoisotopic (exact) mass is 382 g/mol. The van der Waals surface area contributed by atoms with Gasteiger partial charge in [-0.3, -0.25) is 0 Å². The van der Waals surface area contributed by atoms with Gasteiger partial charge in [-0.1, -0.05) is 44.2 Å². The Bertz CT molecular complexity index is 535. The van der Waals surface area contributed by atoms with Crippen LogP contribution in [-0.2, 0) is 14.2 Å². The quantitative estimate of drug-likeness (QED) is 0.473. The Balaban J connectivity index is 1.82. The summed E-state index contributed by atoms with van der Waals surface area (Å²) in [6, 6.07) is 9.33. The molecule has 2 rings (SSSR count). The number of benzene rings is 1. The molecule has 1 unspecified atom stereocenters. The third-order valence-electron chi connectivity index (χ3n) is 5.67. The highest BCUT2D eigenvalue weighted by Gasteiger charge is 2.40. The van der Waals surface area contributed by atoms with Gasteiger partial charge in [0.2, 0.25) is 0 Å². The number of rotatable bonds is 10. The molecule has 148 valence electrons. The Morgan fingerprint density at radius 2 is 1.77 bits per heavy atom. The van der Waals surface area contributed by atoms with E-state index in [0.29, 0.717) is 26.2 Å². The Labute approximate surface area is 158 Å². The van der Waals surface area contributed by atoms with E-state index in [9.17, 15) is 9.90 Å². The van der Waals surface area contributed by atoms with Crippen LogP contribution in [0.25, 0.3) is 0 Å². The van der Waals surface area contributed by atoms with Crippen LogP contribution in [0.15, 0.2) is 30.3 Å². The summed E-state index contributed by atoms with van der Waals surface area (Å²) in [4.78, 5) is 10.4. The zero-order valence-electron chi connectivity index (χ0n) is 16.5. The summed E-state index contributed by atoms with van der Waals surface area (Å²) in [5.41, 5.74) is 0.742. The van der Waals surface area contributed by atoms with Crippen molar-refractivity contribution >= 4 is 8.32 Å². The number of aliphatic hydroxyl groups is 1. The maximum Gasteiger partial charge on any atom is 0.188 e. The minimum absolute atomic E-state index is 0.0488. The van der Waals surface area contributed by atoms with E-state index < -0.39 is 20.4 Å². The average molecular weight is 383 g/mol. The van der Waals surface area contributed by atoms with Gasteiger partial charge in [0.1, 0.15) is 0 Å². The van der Waals surface area contributed by atoms with Crippen molar-refractivity contribution < 1.29 is 24.1 Å². The molecule has 0 aliphatic carbocycles. The number of hydrogen-bond acceptors (Lipinski definition) is 5. The van der Waals surface area contributed by atoms with E-state index in [0.717, 1.165) is 24.8 Å². The maximum absolute atomic E-state index is 10.4. The van der Waals surface area contributed by atoms with E-state index in [2.05, 4.69) is 13.8 Å². The van der Waals surface area contributed by atoms with Crippen LogP contribution >= 0.6 is 0 Å². The molecule has 1 aromatic carbocycles. The summed E-state index contributed by atoms with van der Waals surface area (Å²) < 4.78 is 17.4. The molecule has 1 heterocycles. The predicted molar refractivity (Wildman–Crippen MR) is 104 cm³/mol. The lowest BCUT2D eigenvalue weighted by molar-refractivity contribution is -0.190. The van der Waals surface area contributed by atoms with Gasteiger partial charge in [0.05, 0.1) is 19.8 Å². The second kappa shape index (κ2) is 8.95. The largest absolute Gasteiger partial charge is 0.432 e. The van der Waals surface area contributed by atoms with E-state index >= 15 is 0 Å². The van der Waals surface area contributed by atoms with Gasteiger partial charge in [0.15, 0.2) is 20.4 Å². The van der Waals surface area contributed by atoms with Crippen molar-refractivity contribution in [2.24, 2.45) is 0 Å². The minimum atomic E-state index is -2.20. The lowest BCUT2D eigenvalue weighted by Gasteiger charge is -2.36. The SMILES string of the molecule is CC(C)(CCCC1(CCOC(O)c2ccccc2)OCCO1)[Si](C)(C)O. The third kappa shape index (κ3) is 5.87. The van der Waals surface area contributed by atoms with Crippen molar-refractivity contribution in [3.63, 3.8) is 0 Å².